The molecular weight excluding hydrogens is 226 g/mol. The molecular formula is C14H19N3O. The largest absolute Gasteiger partial charge is 0.351 e. The topological polar surface area (TPSA) is 64.9 Å². The van der Waals surface area contributed by atoms with Crippen molar-refractivity contribution in [2.75, 3.05) is 6.54 Å². The number of nitriles is 1. The Morgan fingerprint density at radius 2 is 2.11 bits per heavy atom. The number of hydrogen-bond donors (Lipinski definition) is 2. The van der Waals surface area contributed by atoms with Crippen molar-refractivity contribution in [3.8, 4) is 6.07 Å². The van der Waals surface area contributed by atoms with Crippen LogP contribution < -0.4 is 10.6 Å². The first-order valence-corrected chi connectivity index (χ1v) is 6.17. The molecule has 0 aromatic heterocycles. The summed E-state index contributed by atoms with van der Waals surface area (Å²) in [6, 6.07) is 12.0. The molecule has 1 aromatic carbocycles. The second kappa shape index (κ2) is 8.26. The molecule has 4 heteroatoms. The quantitative estimate of drug-likeness (QED) is 0.766. The van der Waals surface area contributed by atoms with E-state index >= 15 is 0 Å². The zero-order chi connectivity index (χ0) is 13.2. The monoisotopic (exact) mass is 245 g/mol. The highest BCUT2D eigenvalue weighted by atomic mass is 16.1. The van der Waals surface area contributed by atoms with Gasteiger partial charge in [0.2, 0.25) is 5.91 Å². The summed E-state index contributed by atoms with van der Waals surface area (Å²) >= 11 is 0. The number of carbonyl (C=O) groups is 1. The van der Waals surface area contributed by atoms with Gasteiger partial charge in [0.25, 0.3) is 0 Å². The summed E-state index contributed by atoms with van der Waals surface area (Å²) in [5.41, 5.74) is 1.08. The lowest BCUT2D eigenvalue weighted by Crippen LogP contribution is -2.38. The highest BCUT2D eigenvalue weighted by Gasteiger charge is 2.07. The standard InChI is InChI=1S/C14H19N3O/c1-2-13(8-9-15)16-11-14(18)17-10-12-6-4-3-5-7-12/h3-7,13,16H,2,8,10-11H2,1H3,(H,17,18). The first-order chi connectivity index (χ1) is 8.76. The first kappa shape index (κ1) is 14.2. The lowest BCUT2D eigenvalue weighted by atomic mass is 10.1. The van der Waals surface area contributed by atoms with Crippen molar-refractivity contribution in [2.45, 2.75) is 32.4 Å². The Bertz CT molecular complexity index is 397. The minimum atomic E-state index is -0.0461. The van der Waals surface area contributed by atoms with Crippen LogP contribution in [0.3, 0.4) is 0 Å². The molecule has 0 bridgehead atoms. The molecule has 0 spiro atoms. The van der Waals surface area contributed by atoms with Crippen molar-refractivity contribution < 1.29 is 4.79 Å². The number of rotatable bonds is 7. The van der Waals surface area contributed by atoms with E-state index in [0.29, 0.717) is 13.0 Å². The highest BCUT2D eigenvalue weighted by molar-refractivity contribution is 5.78. The smallest absolute Gasteiger partial charge is 0.234 e. The second-order valence-electron chi connectivity index (χ2n) is 4.11. The zero-order valence-electron chi connectivity index (χ0n) is 10.6. The molecule has 0 aliphatic heterocycles. The first-order valence-electron chi connectivity index (χ1n) is 6.17. The van der Waals surface area contributed by atoms with Crippen LogP contribution in [0, 0.1) is 11.3 Å². The van der Waals surface area contributed by atoms with E-state index in [-0.39, 0.29) is 18.5 Å². The number of benzene rings is 1. The molecule has 1 aromatic rings. The van der Waals surface area contributed by atoms with Gasteiger partial charge in [0.1, 0.15) is 0 Å². The van der Waals surface area contributed by atoms with Crippen molar-refractivity contribution in [1.29, 1.82) is 5.26 Å². The van der Waals surface area contributed by atoms with Crippen molar-refractivity contribution >= 4 is 5.91 Å². The SMILES string of the molecule is CCC(CC#N)NCC(=O)NCc1ccccc1. The molecule has 0 aliphatic carbocycles. The molecule has 96 valence electrons. The second-order valence-corrected chi connectivity index (χ2v) is 4.11. The lowest BCUT2D eigenvalue weighted by Gasteiger charge is -2.13. The van der Waals surface area contributed by atoms with Crippen molar-refractivity contribution in [3.05, 3.63) is 35.9 Å². The summed E-state index contributed by atoms with van der Waals surface area (Å²) in [6.07, 6.45) is 1.28. The van der Waals surface area contributed by atoms with E-state index in [0.717, 1.165) is 12.0 Å². The van der Waals surface area contributed by atoms with Crippen LogP contribution in [0.5, 0.6) is 0 Å². The third-order valence-electron chi connectivity index (χ3n) is 2.71. The van der Waals surface area contributed by atoms with Gasteiger partial charge in [0.05, 0.1) is 19.0 Å². The van der Waals surface area contributed by atoms with E-state index in [1.54, 1.807) is 0 Å². The Balaban J connectivity index is 2.24. The number of nitrogens with one attached hydrogen (secondary N) is 2. The molecule has 0 saturated heterocycles. The summed E-state index contributed by atoms with van der Waals surface area (Å²) in [7, 11) is 0. The maximum atomic E-state index is 11.6. The maximum Gasteiger partial charge on any atom is 0.234 e. The average Bonchev–Trinajstić information content (AvgIpc) is 2.42. The Labute approximate surface area is 108 Å². The molecule has 0 saturated carbocycles. The molecule has 1 amide bonds. The minimum absolute atomic E-state index is 0.0461. The van der Waals surface area contributed by atoms with Crippen molar-refractivity contribution in [2.24, 2.45) is 0 Å². The summed E-state index contributed by atoms with van der Waals surface area (Å²) in [5, 5.41) is 14.5. The molecule has 0 aliphatic rings. The van der Waals surface area contributed by atoms with Gasteiger partial charge >= 0.3 is 0 Å². The van der Waals surface area contributed by atoms with Crippen molar-refractivity contribution in [3.63, 3.8) is 0 Å². The molecule has 2 N–H and O–H groups in total. The van der Waals surface area contributed by atoms with Gasteiger partial charge in [-0.25, -0.2) is 0 Å². The zero-order valence-corrected chi connectivity index (χ0v) is 10.6. The lowest BCUT2D eigenvalue weighted by molar-refractivity contribution is -0.120. The fourth-order valence-electron chi connectivity index (χ4n) is 1.57. The normalized spacial score (nSPS) is 11.6. The molecule has 0 radical (unpaired) electrons. The Morgan fingerprint density at radius 3 is 2.72 bits per heavy atom. The molecule has 0 fully saturated rings. The van der Waals surface area contributed by atoms with Crippen LogP contribution in [0.4, 0.5) is 0 Å². The molecule has 18 heavy (non-hydrogen) atoms. The van der Waals surface area contributed by atoms with Crippen LogP contribution in [-0.2, 0) is 11.3 Å². The van der Waals surface area contributed by atoms with Gasteiger partial charge in [-0.3, -0.25) is 4.79 Å². The Kier molecular flexibility index (Phi) is 6.52. The molecule has 1 rings (SSSR count). The average molecular weight is 245 g/mol. The Morgan fingerprint density at radius 1 is 1.39 bits per heavy atom. The van der Waals surface area contributed by atoms with E-state index in [9.17, 15) is 4.79 Å². The van der Waals surface area contributed by atoms with Crippen LogP contribution >= 0.6 is 0 Å². The summed E-state index contributed by atoms with van der Waals surface area (Å²) in [5.74, 6) is -0.0461. The van der Waals surface area contributed by atoms with Crippen LogP contribution in [0.1, 0.15) is 25.3 Å². The van der Waals surface area contributed by atoms with Gasteiger partial charge in [-0.05, 0) is 12.0 Å². The van der Waals surface area contributed by atoms with Crippen LogP contribution in [0.25, 0.3) is 0 Å². The summed E-state index contributed by atoms with van der Waals surface area (Å²) in [6.45, 7) is 2.79. The molecule has 1 atom stereocenters. The van der Waals surface area contributed by atoms with Crippen LogP contribution in [0.2, 0.25) is 0 Å². The molecule has 1 unspecified atom stereocenters. The van der Waals surface area contributed by atoms with Crippen LogP contribution in [-0.4, -0.2) is 18.5 Å². The number of amides is 1. The van der Waals surface area contributed by atoms with E-state index < -0.39 is 0 Å². The van der Waals surface area contributed by atoms with Gasteiger partial charge in [-0.2, -0.15) is 5.26 Å². The predicted octanol–water partition coefficient (Wildman–Crippen LogP) is 1.58. The third kappa shape index (κ3) is 5.46. The summed E-state index contributed by atoms with van der Waals surface area (Å²) in [4.78, 5) is 11.6. The van der Waals surface area contributed by atoms with Crippen LogP contribution in [0.15, 0.2) is 30.3 Å². The van der Waals surface area contributed by atoms with Crippen molar-refractivity contribution in [1.82, 2.24) is 10.6 Å². The van der Waals surface area contributed by atoms with Gasteiger partial charge in [-0.1, -0.05) is 37.3 Å². The molecule has 4 nitrogen and oxygen atoms in total. The fraction of sp³-hybridized carbons (Fsp3) is 0.429. The van der Waals surface area contributed by atoms with Gasteiger partial charge in [-0.15, -0.1) is 0 Å². The Hall–Kier alpha value is -1.86. The minimum Gasteiger partial charge on any atom is -0.351 e. The van der Waals surface area contributed by atoms with E-state index in [2.05, 4.69) is 16.7 Å². The third-order valence-corrected chi connectivity index (χ3v) is 2.71. The van der Waals surface area contributed by atoms with Gasteiger partial charge in [0, 0.05) is 12.6 Å². The van der Waals surface area contributed by atoms with E-state index in [4.69, 9.17) is 5.26 Å². The predicted molar refractivity (Wildman–Crippen MR) is 70.6 cm³/mol. The number of carbonyl (C=O) groups excluding carboxylic acids is 1. The number of nitrogens with zero attached hydrogens (tertiary/aromatic N) is 1. The van der Waals surface area contributed by atoms with E-state index in [1.807, 2.05) is 37.3 Å². The van der Waals surface area contributed by atoms with Gasteiger partial charge in [0.15, 0.2) is 0 Å². The fourth-order valence-corrected chi connectivity index (χ4v) is 1.57. The van der Waals surface area contributed by atoms with Gasteiger partial charge < -0.3 is 10.6 Å². The summed E-state index contributed by atoms with van der Waals surface area (Å²) < 4.78 is 0. The van der Waals surface area contributed by atoms with E-state index in [1.165, 1.54) is 0 Å². The molecule has 0 heterocycles. The maximum absolute atomic E-state index is 11.6. The number of hydrogen-bond acceptors (Lipinski definition) is 3. The highest BCUT2D eigenvalue weighted by Crippen LogP contribution is 1.97.